The van der Waals surface area contributed by atoms with Gasteiger partial charge >= 0.3 is 0 Å². The summed E-state index contributed by atoms with van der Waals surface area (Å²) in [6, 6.07) is 60.0. The number of benzene rings is 7. The van der Waals surface area contributed by atoms with Gasteiger partial charge in [0, 0.05) is 11.3 Å². The molecule has 5 nitrogen and oxygen atoms in total. The molecule has 248 valence electrons. The van der Waals surface area contributed by atoms with E-state index in [9.17, 15) is 0 Å². The molecule has 3 unspecified atom stereocenters. The van der Waals surface area contributed by atoms with Crippen molar-refractivity contribution in [3.05, 3.63) is 210 Å². The van der Waals surface area contributed by atoms with E-state index in [2.05, 4.69) is 121 Å². The summed E-state index contributed by atoms with van der Waals surface area (Å²) in [7, 11) is 0. The first-order valence-electron chi connectivity index (χ1n) is 17.2. The van der Waals surface area contributed by atoms with Crippen LogP contribution in [0.5, 0.6) is 0 Å². The topological polar surface area (TPSA) is 85.7 Å². The number of hydrogen-bond acceptors (Lipinski definition) is 5. The number of ether oxygens (including phenoxy) is 1. The first-order valence-corrected chi connectivity index (χ1v) is 17.2. The Hall–Kier alpha value is -6.11. The van der Waals surface area contributed by atoms with Crippen molar-refractivity contribution in [2.75, 3.05) is 0 Å². The minimum Gasteiger partial charge on any atom is -0.340 e. The van der Waals surface area contributed by atoms with E-state index >= 15 is 0 Å². The lowest BCUT2D eigenvalue weighted by atomic mass is 9.95. The van der Waals surface area contributed by atoms with Crippen LogP contribution in [0.1, 0.15) is 46.3 Å². The van der Waals surface area contributed by atoms with E-state index in [1.54, 1.807) is 0 Å². The number of amidine groups is 1. The van der Waals surface area contributed by atoms with Crippen molar-refractivity contribution in [1.29, 1.82) is 0 Å². The van der Waals surface area contributed by atoms with Crippen LogP contribution in [0.25, 0.3) is 38.7 Å². The second kappa shape index (κ2) is 14.4. The largest absolute Gasteiger partial charge is 0.340 e. The first-order chi connectivity index (χ1) is 25.1. The Morgan fingerprint density at radius 2 is 1.02 bits per heavy atom. The third-order valence-electron chi connectivity index (χ3n) is 9.35. The average Bonchev–Trinajstić information content (AvgIpc) is 3.21. The van der Waals surface area contributed by atoms with E-state index in [1.165, 1.54) is 10.8 Å². The molecule has 0 spiro atoms. The van der Waals surface area contributed by atoms with E-state index in [4.69, 9.17) is 21.2 Å². The Labute approximate surface area is 298 Å². The molecule has 0 saturated carbocycles. The summed E-state index contributed by atoms with van der Waals surface area (Å²) in [5.41, 5.74) is 23.6. The predicted octanol–water partition coefficient (Wildman–Crippen LogP) is 9.94. The first kappa shape index (κ1) is 32.1. The van der Waals surface area contributed by atoms with E-state index in [0.29, 0.717) is 0 Å². The Bertz CT molecular complexity index is 2290. The Morgan fingerprint density at radius 3 is 1.71 bits per heavy atom. The maximum atomic E-state index is 6.78. The highest BCUT2D eigenvalue weighted by Crippen LogP contribution is 2.35. The predicted molar refractivity (Wildman–Crippen MR) is 209 cm³/mol. The number of nitrogens with zero attached hydrogens (tertiary/aromatic N) is 1. The molecule has 1 heterocycles. The third-order valence-corrected chi connectivity index (χ3v) is 9.35. The summed E-state index contributed by atoms with van der Waals surface area (Å²) in [4.78, 5) is 5.20. The molecule has 0 bridgehead atoms. The van der Waals surface area contributed by atoms with Crippen LogP contribution in [-0.4, -0.2) is 5.84 Å². The van der Waals surface area contributed by atoms with Gasteiger partial charge in [0.15, 0.2) is 0 Å². The molecule has 0 saturated heterocycles. The fourth-order valence-corrected chi connectivity index (χ4v) is 6.72. The van der Waals surface area contributed by atoms with Crippen molar-refractivity contribution in [2.24, 2.45) is 16.5 Å². The lowest BCUT2D eigenvalue weighted by molar-refractivity contribution is -0.00828. The molecule has 0 aromatic heterocycles. The van der Waals surface area contributed by atoms with Crippen LogP contribution in [0.3, 0.4) is 0 Å². The molecular formula is C46H38N4O. The van der Waals surface area contributed by atoms with Crippen LogP contribution < -0.4 is 16.8 Å². The average molecular weight is 663 g/mol. The minimum absolute atomic E-state index is 0.194. The molecule has 7 aromatic rings. The van der Waals surface area contributed by atoms with Crippen LogP contribution in [0.15, 0.2) is 187 Å². The van der Waals surface area contributed by atoms with Crippen LogP contribution in [0, 0.1) is 0 Å². The third kappa shape index (κ3) is 7.00. The minimum atomic E-state index is -0.763. The van der Waals surface area contributed by atoms with Gasteiger partial charge in [-0.1, -0.05) is 152 Å². The molecule has 1 aliphatic heterocycles. The molecule has 51 heavy (non-hydrogen) atoms. The van der Waals surface area contributed by atoms with Gasteiger partial charge in [-0.15, -0.1) is 0 Å². The van der Waals surface area contributed by atoms with Crippen molar-refractivity contribution in [3.63, 3.8) is 0 Å². The molecule has 0 amide bonds. The van der Waals surface area contributed by atoms with Crippen LogP contribution in [0.4, 0.5) is 0 Å². The Morgan fingerprint density at radius 1 is 0.490 bits per heavy atom. The monoisotopic (exact) mass is 662 g/mol. The summed E-state index contributed by atoms with van der Waals surface area (Å²) in [5.74, 6) is 0.812. The number of hydrogen-bond donors (Lipinski definition) is 3. The second-order valence-electron chi connectivity index (χ2n) is 12.7. The zero-order valence-corrected chi connectivity index (χ0v) is 28.1. The fourth-order valence-electron chi connectivity index (χ4n) is 6.72. The quantitative estimate of drug-likeness (QED) is 0.134. The van der Waals surface area contributed by atoms with Gasteiger partial charge in [0.05, 0.1) is 6.04 Å². The zero-order chi connectivity index (χ0) is 34.6. The van der Waals surface area contributed by atoms with Gasteiger partial charge in [-0.25, -0.2) is 0 Å². The number of fused-ring (bicyclic) bond motifs is 1. The number of nitrogens with two attached hydrogens (primary N) is 2. The molecule has 5 heteroatoms. The lowest BCUT2D eigenvalue weighted by Crippen LogP contribution is -2.28. The molecule has 0 fully saturated rings. The van der Waals surface area contributed by atoms with E-state index in [0.717, 1.165) is 61.6 Å². The van der Waals surface area contributed by atoms with E-state index in [-0.39, 0.29) is 6.04 Å². The van der Waals surface area contributed by atoms with Gasteiger partial charge in [0.25, 0.3) is 0 Å². The lowest BCUT2D eigenvalue weighted by Gasteiger charge is -2.25. The van der Waals surface area contributed by atoms with Crippen molar-refractivity contribution < 1.29 is 4.74 Å². The molecule has 7 aromatic carbocycles. The van der Waals surface area contributed by atoms with Gasteiger partial charge < -0.3 is 21.5 Å². The maximum Gasteiger partial charge on any atom is 0.134 e. The highest BCUT2D eigenvalue weighted by molar-refractivity contribution is 6.05. The van der Waals surface area contributed by atoms with E-state index in [1.807, 2.05) is 66.7 Å². The van der Waals surface area contributed by atoms with Gasteiger partial charge in [-0.3, -0.25) is 4.99 Å². The van der Waals surface area contributed by atoms with Gasteiger partial charge in [-0.05, 0) is 85.6 Å². The zero-order valence-electron chi connectivity index (χ0n) is 28.1. The summed E-state index contributed by atoms with van der Waals surface area (Å²) >= 11 is 0. The summed E-state index contributed by atoms with van der Waals surface area (Å²) < 4.78 is 6.37. The van der Waals surface area contributed by atoms with Crippen molar-refractivity contribution in [1.82, 2.24) is 5.32 Å². The molecule has 0 radical (unpaired) electrons. The smallest absolute Gasteiger partial charge is 0.134 e. The standard InChI is InChI=1S/C46H38N4O/c47-44(51-45(48)39-28-37(31-14-4-1-5-15-31)27-38(29-39)32-16-6-2-7-17-32)36-23-12-22-35(26-36)42-30-43(50-46(49-42)34-19-8-3-9-20-34)41-25-13-21-33-18-10-11-24-40(33)41/h1-30,43-45H,47-48H2,(H,49,50). The van der Waals surface area contributed by atoms with Crippen molar-refractivity contribution >= 4 is 22.3 Å². The number of rotatable bonds is 9. The number of nitrogens with one attached hydrogen (secondary N) is 1. The van der Waals surface area contributed by atoms with Crippen molar-refractivity contribution in [2.45, 2.75) is 18.5 Å². The molecule has 8 rings (SSSR count). The van der Waals surface area contributed by atoms with Gasteiger partial charge in [0.1, 0.15) is 18.3 Å². The van der Waals surface area contributed by atoms with Gasteiger partial charge in [-0.2, -0.15) is 0 Å². The maximum absolute atomic E-state index is 6.78. The molecule has 0 aliphatic carbocycles. The van der Waals surface area contributed by atoms with Crippen LogP contribution in [0.2, 0.25) is 0 Å². The second-order valence-corrected chi connectivity index (χ2v) is 12.7. The summed E-state index contributed by atoms with van der Waals surface area (Å²) in [6.45, 7) is 0. The fraction of sp³-hybridized carbons (Fsp3) is 0.0652. The molecule has 3 atom stereocenters. The van der Waals surface area contributed by atoms with E-state index < -0.39 is 12.5 Å². The number of aliphatic imine (C=N–C) groups is 1. The SMILES string of the molecule is NC(OC(N)c1cc(-c2ccccc2)cc(-c2ccccc2)c1)c1cccc(C2=CC(c3cccc4ccccc34)N=C(c3ccccc3)N2)c1. The van der Waals surface area contributed by atoms with Crippen molar-refractivity contribution in [3.8, 4) is 22.3 Å². The normalized spacial score (nSPS) is 15.4. The summed E-state index contributed by atoms with van der Waals surface area (Å²) in [5, 5.41) is 5.99. The molecule has 5 N–H and O–H groups in total. The Balaban J connectivity index is 1.10. The summed E-state index contributed by atoms with van der Waals surface area (Å²) in [6.07, 6.45) is 0.668. The highest BCUT2D eigenvalue weighted by atomic mass is 16.5. The molecule has 1 aliphatic rings. The highest BCUT2D eigenvalue weighted by Gasteiger charge is 2.22. The Kier molecular flexibility index (Phi) is 9.07. The molecular weight excluding hydrogens is 625 g/mol. The van der Waals surface area contributed by atoms with Gasteiger partial charge in [0.2, 0.25) is 0 Å². The van der Waals surface area contributed by atoms with Crippen LogP contribution in [-0.2, 0) is 4.74 Å². The van der Waals surface area contributed by atoms with Crippen LogP contribution >= 0.6 is 0 Å².